The number of rotatable bonds is 4. The van der Waals surface area contributed by atoms with Gasteiger partial charge in [-0.2, -0.15) is 0 Å². The zero-order valence-electron chi connectivity index (χ0n) is 10.3. The number of hydrogen-bond donors (Lipinski definition) is 1. The second-order valence-corrected chi connectivity index (χ2v) is 5.22. The average Bonchev–Trinajstić information content (AvgIpc) is 2.66. The minimum Gasteiger partial charge on any atom is -0.342 e. The minimum absolute atomic E-state index is 0.197. The van der Waals surface area contributed by atoms with Gasteiger partial charge in [-0.3, -0.25) is 4.79 Å². The lowest BCUT2D eigenvalue weighted by Crippen LogP contribution is -2.39. The first-order valence-electron chi connectivity index (χ1n) is 6.00. The van der Waals surface area contributed by atoms with Crippen molar-refractivity contribution in [1.82, 2.24) is 4.90 Å². The molecule has 1 atom stereocenters. The van der Waals surface area contributed by atoms with Crippen LogP contribution in [0.25, 0.3) is 0 Å². The van der Waals surface area contributed by atoms with Crippen molar-refractivity contribution in [2.75, 3.05) is 19.6 Å². The van der Waals surface area contributed by atoms with Crippen molar-refractivity contribution in [2.45, 2.75) is 40.0 Å². The summed E-state index contributed by atoms with van der Waals surface area (Å²) >= 11 is 0. The van der Waals surface area contributed by atoms with E-state index in [1.807, 2.05) is 18.7 Å². The topological polar surface area (TPSA) is 46.3 Å². The maximum absolute atomic E-state index is 12.1. The van der Waals surface area contributed by atoms with Crippen molar-refractivity contribution in [3.05, 3.63) is 0 Å². The largest absolute Gasteiger partial charge is 0.342 e. The number of nitrogens with zero attached hydrogens (tertiary/aromatic N) is 1. The molecule has 15 heavy (non-hydrogen) atoms. The molecule has 1 unspecified atom stereocenters. The summed E-state index contributed by atoms with van der Waals surface area (Å²) in [5.41, 5.74) is 5.34. The van der Waals surface area contributed by atoms with Crippen LogP contribution < -0.4 is 5.73 Å². The van der Waals surface area contributed by atoms with E-state index in [0.717, 1.165) is 38.9 Å². The first-order valence-corrected chi connectivity index (χ1v) is 6.00. The van der Waals surface area contributed by atoms with E-state index < -0.39 is 0 Å². The third-order valence-corrected chi connectivity index (χ3v) is 3.61. The first-order chi connectivity index (χ1) is 7.01. The van der Waals surface area contributed by atoms with Crippen molar-refractivity contribution in [1.29, 1.82) is 0 Å². The maximum atomic E-state index is 12.1. The van der Waals surface area contributed by atoms with E-state index in [4.69, 9.17) is 5.73 Å². The fourth-order valence-corrected chi connectivity index (χ4v) is 2.07. The Morgan fingerprint density at radius 2 is 2.20 bits per heavy atom. The molecule has 88 valence electrons. The second kappa shape index (κ2) is 4.97. The van der Waals surface area contributed by atoms with Gasteiger partial charge in [0.2, 0.25) is 5.91 Å². The Balaban J connectivity index is 2.50. The summed E-state index contributed by atoms with van der Waals surface area (Å²) in [6.07, 6.45) is 3.09. The molecule has 0 aliphatic carbocycles. The van der Waals surface area contributed by atoms with Gasteiger partial charge < -0.3 is 10.6 Å². The number of carbonyl (C=O) groups excluding carboxylic acids is 1. The van der Waals surface area contributed by atoms with Gasteiger partial charge in [0.1, 0.15) is 0 Å². The van der Waals surface area contributed by atoms with Crippen molar-refractivity contribution >= 4 is 5.91 Å². The van der Waals surface area contributed by atoms with Gasteiger partial charge in [-0.1, -0.05) is 20.8 Å². The number of likely N-dealkylation sites (tertiary alicyclic amines) is 1. The van der Waals surface area contributed by atoms with Crippen LogP contribution in [-0.2, 0) is 4.79 Å². The molecule has 0 aromatic carbocycles. The summed E-state index contributed by atoms with van der Waals surface area (Å²) in [5.74, 6) is 0.941. The molecular formula is C12H24N2O. The quantitative estimate of drug-likeness (QED) is 0.769. The van der Waals surface area contributed by atoms with Crippen LogP contribution in [0.15, 0.2) is 0 Å². The Labute approximate surface area is 93.0 Å². The molecule has 0 spiro atoms. The molecule has 0 aromatic rings. The van der Waals surface area contributed by atoms with E-state index in [-0.39, 0.29) is 5.41 Å². The van der Waals surface area contributed by atoms with Crippen LogP contribution in [0, 0.1) is 11.3 Å². The molecule has 1 heterocycles. The highest BCUT2D eigenvalue weighted by atomic mass is 16.2. The first kappa shape index (κ1) is 12.5. The van der Waals surface area contributed by atoms with E-state index in [1.165, 1.54) is 0 Å². The van der Waals surface area contributed by atoms with Crippen molar-refractivity contribution in [2.24, 2.45) is 17.1 Å². The van der Waals surface area contributed by atoms with Crippen LogP contribution in [0.3, 0.4) is 0 Å². The molecule has 1 amide bonds. The maximum Gasteiger partial charge on any atom is 0.228 e. The molecule has 0 bridgehead atoms. The molecule has 1 aliphatic heterocycles. The summed E-state index contributed by atoms with van der Waals surface area (Å²) in [7, 11) is 0. The van der Waals surface area contributed by atoms with Gasteiger partial charge in [0.15, 0.2) is 0 Å². The fraction of sp³-hybridized carbons (Fsp3) is 0.917. The molecule has 3 nitrogen and oxygen atoms in total. The summed E-state index contributed by atoms with van der Waals surface area (Å²) in [5, 5.41) is 0. The Bertz CT molecular complexity index is 226. The molecule has 1 fully saturated rings. The third-order valence-electron chi connectivity index (χ3n) is 3.61. The lowest BCUT2D eigenvalue weighted by atomic mass is 9.88. The third kappa shape index (κ3) is 2.94. The zero-order chi connectivity index (χ0) is 11.5. The average molecular weight is 212 g/mol. The van der Waals surface area contributed by atoms with Gasteiger partial charge in [-0.05, 0) is 31.7 Å². The molecule has 3 heteroatoms. The van der Waals surface area contributed by atoms with Gasteiger partial charge in [0, 0.05) is 18.5 Å². The number of hydrogen-bond acceptors (Lipinski definition) is 2. The van der Waals surface area contributed by atoms with Gasteiger partial charge >= 0.3 is 0 Å². The van der Waals surface area contributed by atoms with Crippen LogP contribution >= 0.6 is 0 Å². The molecule has 2 N–H and O–H groups in total. The van der Waals surface area contributed by atoms with Gasteiger partial charge in [0.25, 0.3) is 0 Å². The molecule has 1 saturated heterocycles. The molecular weight excluding hydrogens is 188 g/mol. The van der Waals surface area contributed by atoms with Crippen LogP contribution in [0.4, 0.5) is 0 Å². The smallest absolute Gasteiger partial charge is 0.228 e. The molecule has 1 aliphatic rings. The lowest BCUT2D eigenvalue weighted by Gasteiger charge is -2.28. The number of nitrogens with two attached hydrogens (primary N) is 1. The highest BCUT2D eigenvalue weighted by Gasteiger charge is 2.34. The van der Waals surface area contributed by atoms with Gasteiger partial charge in [0.05, 0.1) is 0 Å². The minimum atomic E-state index is -0.197. The van der Waals surface area contributed by atoms with E-state index in [9.17, 15) is 4.79 Å². The highest BCUT2D eigenvalue weighted by Crippen LogP contribution is 2.27. The Morgan fingerprint density at radius 3 is 2.73 bits per heavy atom. The number of amides is 1. The second-order valence-electron chi connectivity index (χ2n) is 5.22. The predicted molar refractivity (Wildman–Crippen MR) is 62.4 cm³/mol. The van der Waals surface area contributed by atoms with Crippen LogP contribution in [0.5, 0.6) is 0 Å². The summed E-state index contributed by atoms with van der Waals surface area (Å²) in [6, 6.07) is 0. The molecule has 0 saturated carbocycles. The fourth-order valence-electron chi connectivity index (χ4n) is 2.07. The molecule has 0 radical (unpaired) electrons. The molecule has 1 rings (SSSR count). The van der Waals surface area contributed by atoms with E-state index in [0.29, 0.717) is 11.8 Å². The summed E-state index contributed by atoms with van der Waals surface area (Å²) in [6.45, 7) is 8.72. The molecule has 0 aromatic heterocycles. The van der Waals surface area contributed by atoms with Gasteiger partial charge in [-0.15, -0.1) is 0 Å². The lowest BCUT2D eigenvalue weighted by molar-refractivity contribution is -0.139. The van der Waals surface area contributed by atoms with Crippen LogP contribution in [0.2, 0.25) is 0 Å². The summed E-state index contributed by atoms with van der Waals surface area (Å²) in [4.78, 5) is 14.2. The van der Waals surface area contributed by atoms with Crippen LogP contribution in [0.1, 0.15) is 40.0 Å². The predicted octanol–water partition coefficient (Wildman–Crippen LogP) is 1.62. The van der Waals surface area contributed by atoms with E-state index in [1.54, 1.807) is 0 Å². The Kier molecular flexibility index (Phi) is 4.14. The normalized spacial score (nSPS) is 22.1. The van der Waals surface area contributed by atoms with E-state index in [2.05, 4.69) is 6.92 Å². The van der Waals surface area contributed by atoms with Crippen molar-refractivity contribution in [3.8, 4) is 0 Å². The number of carbonyl (C=O) groups is 1. The zero-order valence-corrected chi connectivity index (χ0v) is 10.3. The SMILES string of the molecule is CCC(C)(C)C(=O)N1CCC(CCN)C1. The van der Waals surface area contributed by atoms with E-state index >= 15 is 0 Å². The van der Waals surface area contributed by atoms with Gasteiger partial charge in [-0.25, -0.2) is 0 Å². The summed E-state index contributed by atoms with van der Waals surface area (Å²) < 4.78 is 0. The Morgan fingerprint density at radius 1 is 1.53 bits per heavy atom. The standard InChI is InChI=1S/C12H24N2O/c1-4-12(2,3)11(15)14-8-6-10(9-14)5-7-13/h10H,4-9,13H2,1-3H3. The van der Waals surface area contributed by atoms with Crippen molar-refractivity contribution in [3.63, 3.8) is 0 Å². The monoisotopic (exact) mass is 212 g/mol. The van der Waals surface area contributed by atoms with Crippen molar-refractivity contribution < 1.29 is 4.79 Å². The Hall–Kier alpha value is -0.570. The van der Waals surface area contributed by atoms with Crippen LogP contribution in [-0.4, -0.2) is 30.4 Å². The highest BCUT2D eigenvalue weighted by molar-refractivity contribution is 5.82.